The van der Waals surface area contributed by atoms with E-state index in [0.717, 1.165) is 12.3 Å². The highest BCUT2D eigenvalue weighted by atomic mass is 16.6. The van der Waals surface area contributed by atoms with Gasteiger partial charge in [0.25, 0.3) is 0 Å². The molecule has 1 unspecified atom stereocenters. The molecule has 0 aliphatic carbocycles. The Labute approximate surface area is 111 Å². The van der Waals surface area contributed by atoms with Gasteiger partial charge in [0.15, 0.2) is 0 Å². The molecule has 0 radical (unpaired) electrons. The zero-order valence-electron chi connectivity index (χ0n) is 12.5. The molecule has 0 spiro atoms. The molecule has 0 amide bonds. The minimum absolute atomic E-state index is 0.220. The molecule has 1 atom stereocenters. The molecule has 0 saturated carbocycles. The number of cyclic esters (lactones) is 2. The first kappa shape index (κ1) is 19.0. The summed E-state index contributed by atoms with van der Waals surface area (Å²) >= 11 is 0. The number of esters is 2. The van der Waals surface area contributed by atoms with Gasteiger partial charge >= 0.3 is 11.9 Å². The maximum Gasteiger partial charge on any atom is 0.316 e. The third-order valence-electron chi connectivity index (χ3n) is 2.11. The van der Waals surface area contributed by atoms with Gasteiger partial charge in [-0.3, -0.25) is 9.59 Å². The summed E-state index contributed by atoms with van der Waals surface area (Å²) in [5.41, 5.74) is 4.13. The first-order chi connectivity index (χ1) is 8.36. The first-order valence-corrected chi connectivity index (χ1v) is 6.46. The Balaban J connectivity index is 0. The van der Waals surface area contributed by atoms with E-state index in [4.69, 9.17) is 0 Å². The van der Waals surface area contributed by atoms with Gasteiger partial charge < -0.3 is 4.74 Å². The molecule has 104 valence electrons. The lowest BCUT2D eigenvalue weighted by atomic mass is 10.1. The van der Waals surface area contributed by atoms with Gasteiger partial charge in [-0.2, -0.15) is 0 Å². The number of carbonyl (C=O) groups excluding carboxylic acids is 2. The van der Waals surface area contributed by atoms with Crippen LogP contribution >= 0.6 is 0 Å². The SMILES string of the molecule is C=C=C(C)CC(C)C.CC.CC1CC(=O)OC1=O. The summed E-state index contributed by atoms with van der Waals surface area (Å²) in [7, 11) is 0. The van der Waals surface area contributed by atoms with Gasteiger partial charge in [-0.05, 0) is 24.8 Å². The fourth-order valence-electron chi connectivity index (χ4n) is 1.27. The molecule has 3 heteroatoms. The Morgan fingerprint density at radius 2 is 1.94 bits per heavy atom. The van der Waals surface area contributed by atoms with Crippen LogP contribution in [0.5, 0.6) is 0 Å². The molecule has 3 nitrogen and oxygen atoms in total. The number of ether oxygens (including phenoxy) is 1. The number of allylic oxidation sites excluding steroid dienone is 1. The standard InChI is InChI=1S/C8H14.C5H6O3.C2H6/c1-5-8(4)6-7(2)3;1-3-2-4(6)8-5(3)7;1-2/h7H,1,6H2,2-4H3;3H,2H2,1H3;1-2H3. The Morgan fingerprint density at radius 3 is 2.06 bits per heavy atom. The normalized spacial score (nSPS) is 16.9. The smallest absolute Gasteiger partial charge is 0.316 e. The van der Waals surface area contributed by atoms with Crippen molar-refractivity contribution in [1.82, 2.24) is 0 Å². The van der Waals surface area contributed by atoms with Crippen molar-refractivity contribution in [2.45, 2.75) is 54.4 Å². The van der Waals surface area contributed by atoms with E-state index in [-0.39, 0.29) is 12.3 Å². The molecule has 1 saturated heterocycles. The molecular formula is C15H26O3. The molecule has 0 N–H and O–H groups in total. The van der Waals surface area contributed by atoms with Crippen molar-refractivity contribution in [3.05, 3.63) is 17.9 Å². The van der Waals surface area contributed by atoms with Gasteiger partial charge in [-0.25, -0.2) is 0 Å². The van der Waals surface area contributed by atoms with Crippen molar-refractivity contribution >= 4 is 11.9 Å². The average Bonchev–Trinajstić information content (AvgIpc) is 2.59. The van der Waals surface area contributed by atoms with Gasteiger partial charge in [0, 0.05) is 0 Å². The van der Waals surface area contributed by atoms with Crippen LogP contribution in [-0.2, 0) is 14.3 Å². The van der Waals surface area contributed by atoms with Crippen molar-refractivity contribution in [3.63, 3.8) is 0 Å². The number of rotatable bonds is 2. The number of hydrogen-bond acceptors (Lipinski definition) is 3. The molecule has 1 fully saturated rings. The van der Waals surface area contributed by atoms with Crippen molar-refractivity contribution < 1.29 is 14.3 Å². The van der Waals surface area contributed by atoms with Crippen LogP contribution in [0.1, 0.15) is 54.4 Å². The first-order valence-electron chi connectivity index (χ1n) is 6.46. The van der Waals surface area contributed by atoms with E-state index in [2.05, 4.69) is 37.8 Å². The summed E-state index contributed by atoms with van der Waals surface area (Å²) in [5.74, 6) is -0.274. The van der Waals surface area contributed by atoms with Gasteiger partial charge in [0.05, 0.1) is 12.3 Å². The minimum Gasteiger partial charge on any atom is -0.393 e. The van der Waals surface area contributed by atoms with E-state index >= 15 is 0 Å². The molecule has 1 heterocycles. The van der Waals surface area contributed by atoms with E-state index in [1.165, 1.54) is 5.57 Å². The summed E-state index contributed by atoms with van der Waals surface area (Å²) < 4.78 is 4.20. The largest absolute Gasteiger partial charge is 0.393 e. The van der Waals surface area contributed by atoms with E-state index in [1.807, 2.05) is 13.8 Å². The van der Waals surface area contributed by atoms with E-state index in [9.17, 15) is 9.59 Å². The number of hydrogen-bond donors (Lipinski definition) is 0. The molecule has 0 aromatic rings. The third kappa shape index (κ3) is 9.86. The highest BCUT2D eigenvalue weighted by Gasteiger charge is 2.28. The lowest BCUT2D eigenvalue weighted by Gasteiger charge is -1.99. The van der Waals surface area contributed by atoms with Gasteiger partial charge in [-0.1, -0.05) is 41.2 Å². The highest BCUT2D eigenvalue weighted by molar-refractivity contribution is 5.94. The van der Waals surface area contributed by atoms with E-state index in [0.29, 0.717) is 0 Å². The predicted octanol–water partition coefficient (Wildman–Crippen LogP) is 3.89. The number of carbonyl (C=O) groups is 2. The van der Waals surface area contributed by atoms with Gasteiger partial charge in [-0.15, -0.1) is 5.73 Å². The van der Waals surface area contributed by atoms with Gasteiger partial charge in [0.2, 0.25) is 0 Å². The van der Waals surface area contributed by atoms with Gasteiger partial charge in [0.1, 0.15) is 0 Å². The van der Waals surface area contributed by atoms with Crippen molar-refractivity contribution in [1.29, 1.82) is 0 Å². The van der Waals surface area contributed by atoms with Crippen LogP contribution in [-0.4, -0.2) is 11.9 Å². The molecule has 1 aliphatic rings. The Kier molecular flexibility index (Phi) is 11.4. The quantitative estimate of drug-likeness (QED) is 0.426. The minimum atomic E-state index is -0.400. The van der Waals surface area contributed by atoms with E-state index in [1.54, 1.807) is 6.92 Å². The summed E-state index contributed by atoms with van der Waals surface area (Å²) in [6.45, 7) is 15.7. The predicted molar refractivity (Wildman–Crippen MR) is 74.0 cm³/mol. The van der Waals surface area contributed by atoms with Crippen LogP contribution in [0.3, 0.4) is 0 Å². The van der Waals surface area contributed by atoms with Crippen LogP contribution in [0.2, 0.25) is 0 Å². The molecule has 0 bridgehead atoms. The van der Waals surface area contributed by atoms with Crippen LogP contribution in [0, 0.1) is 11.8 Å². The highest BCUT2D eigenvalue weighted by Crippen LogP contribution is 2.13. The van der Waals surface area contributed by atoms with Crippen molar-refractivity contribution in [2.75, 3.05) is 0 Å². The molecule has 0 aromatic carbocycles. The van der Waals surface area contributed by atoms with Crippen LogP contribution in [0.4, 0.5) is 0 Å². The maximum absolute atomic E-state index is 10.3. The van der Waals surface area contributed by atoms with Crippen molar-refractivity contribution in [2.24, 2.45) is 11.8 Å². The van der Waals surface area contributed by atoms with Crippen LogP contribution in [0.15, 0.2) is 17.9 Å². The fraction of sp³-hybridized carbons (Fsp3) is 0.667. The second-order valence-electron chi connectivity index (χ2n) is 4.45. The molecule has 18 heavy (non-hydrogen) atoms. The second-order valence-corrected chi connectivity index (χ2v) is 4.45. The monoisotopic (exact) mass is 254 g/mol. The summed E-state index contributed by atoms with van der Waals surface area (Å²) in [6.07, 6.45) is 1.38. The molecular weight excluding hydrogens is 228 g/mol. The Hall–Kier alpha value is -1.34. The topological polar surface area (TPSA) is 43.4 Å². The summed E-state index contributed by atoms with van der Waals surface area (Å²) in [6, 6.07) is 0. The molecule has 0 aromatic heterocycles. The summed E-state index contributed by atoms with van der Waals surface area (Å²) in [5, 5.41) is 0. The molecule has 1 aliphatic heterocycles. The molecule has 1 rings (SSSR count). The van der Waals surface area contributed by atoms with E-state index < -0.39 is 11.9 Å². The Bertz CT molecular complexity index is 310. The lowest BCUT2D eigenvalue weighted by molar-refractivity contribution is -0.152. The lowest BCUT2D eigenvalue weighted by Crippen LogP contribution is -2.01. The summed E-state index contributed by atoms with van der Waals surface area (Å²) in [4.78, 5) is 20.6. The van der Waals surface area contributed by atoms with Crippen molar-refractivity contribution in [3.8, 4) is 0 Å². The average molecular weight is 254 g/mol. The zero-order valence-corrected chi connectivity index (χ0v) is 12.5. The second kappa shape index (κ2) is 10.8. The fourth-order valence-corrected chi connectivity index (χ4v) is 1.27. The van der Waals surface area contributed by atoms with Crippen LogP contribution in [0.25, 0.3) is 0 Å². The van der Waals surface area contributed by atoms with Crippen LogP contribution < -0.4 is 0 Å². The maximum atomic E-state index is 10.3. The third-order valence-corrected chi connectivity index (χ3v) is 2.11. The Morgan fingerprint density at radius 1 is 1.44 bits per heavy atom. The zero-order chi connectivity index (χ0) is 14.7.